The normalized spacial score (nSPS) is 16.7. The number of amidine groups is 2. The molecule has 0 bridgehead atoms. The van der Waals surface area contributed by atoms with Crippen LogP contribution in [0, 0.1) is 5.82 Å². The molecule has 0 saturated carbocycles. The van der Waals surface area contributed by atoms with Gasteiger partial charge >= 0.3 is 0 Å². The highest BCUT2D eigenvalue weighted by Crippen LogP contribution is 2.34. The molecule has 2 aliphatic heterocycles. The van der Waals surface area contributed by atoms with Gasteiger partial charge in [-0.1, -0.05) is 36.0 Å². The molecule has 9 heteroatoms. The Labute approximate surface area is 193 Å². The maximum atomic E-state index is 13.3. The Bertz CT molecular complexity index is 1250. The highest BCUT2D eigenvalue weighted by atomic mass is 32.2. The molecule has 0 aliphatic carbocycles. The summed E-state index contributed by atoms with van der Waals surface area (Å²) in [5.41, 5.74) is 2.36. The van der Waals surface area contributed by atoms with Gasteiger partial charge in [-0.2, -0.15) is 0 Å². The summed E-state index contributed by atoms with van der Waals surface area (Å²) in [6.07, 6.45) is 1.46. The van der Waals surface area contributed by atoms with E-state index in [-0.39, 0.29) is 30.6 Å². The van der Waals surface area contributed by atoms with Gasteiger partial charge in [0.05, 0.1) is 24.9 Å². The topological polar surface area (TPSA) is 87.3 Å². The number of hydrogen-bond acceptors (Lipinski definition) is 6. The molecule has 1 atom stereocenters. The lowest BCUT2D eigenvalue weighted by Crippen LogP contribution is -2.42. The van der Waals surface area contributed by atoms with Gasteiger partial charge in [-0.05, 0) is 42.0 Å². The number of fused-ring (bicyclic) bond motifs is 3. The van der Waals surface area contributed by atoms with Crippen LogP contribution in [0.1, 0.15) is 23.3 Å². The summed E-state index contributed by atoms with van der Waals surface area (Å²) < 4.78 is 18.4. The number of hydrogen-bond donors (Lipinski definition) is 1. The van der Waals surface area contributed by atoms with Gasteiger partial charge in [-0.15, -0.1) is 0 Å². The summed E-state index contributed by atoms with van der Waals surface area (Å²) in [5.74, 6) is 0.746. The second-order valence-electron chi connectivity index (χ2n) is 7.53. The number of carbonyl (C=O) groups is 2. The number of thioether (sulfide) groups is 1. The Balaban J connectivity index is 1.34. The smallest absolute Gasteiger partial charge is 0.259 e. The van der Waals surface area contributed by atoms with Crippen LogP contribution in [-0.2, 0) is 21.9 Å². The molecule has 5 rings (SSSR count). The lowest BCUT2D eigenvalue weighted by atomic mass is 10.1. The highest BCUT2D eigenvalue weighted by molar-refractivity contribution is 8.13. The minimum Gasteiger partial charge on any atom is -0.467 e. The first-order valence-corrected chi connectivity index (χ1v) is 11.3. The van der Waals surface area contributed by atoms with Crippen LogP contribution in [0.15, 0.2) is 81.3 Å². The largest absolute Gasteiger partial charge is 0.467 e. The third-order valence-electron chi connectivity index (χ3n) is 5.25. The maximum absolute atomic E-state index is 13.3. The number of aliphatic imine (C=N–C) groups is 2. The van der Waals surface area contributed by atoms with Gasteiger partial charge < -0.3 is 9.73 Å². The molecule has 0 unspecified atom stereocenters. The summed E-state index contributed by atoms with van der Waals surface area (Å²) in [6, 6.07) is 16.3. The van der Waals surface area contributed by atoms with Crippen molar-refractivity contribution in [2.45, 2.75) is 24.8 Å². The fourth-order valence-corrected chi connectivity index (χ4v) is 4.56. The molecule has 1 N–H and O–H groups in total. The van der Waals surface area contributed by atoms with E-state index in [9.17, 15) is 14.0 Å². The molecule has 0 fully saturated rings. The van der Waals surface area contributed by atoms with Crippen molar-refractivity contribution >= 4 is 40.3 Å². The van der Waals surface area contributed by atoms with Gasteiger partial charge in [0.25, 0.3) is 5.91 Å². The average molecular weight is 463 g/mol. The van der Waals surface area contributed by atoms with E-state index >= 15 is 0 Å². The molecule has 0 spiro atoms. The molecular weight excluding hydrogens is 443 g/mol. The quantitative estimate of drug-likeness (QED) is 0.600. The van der Waals surface area contributed by atoms with E-state index in [4.69, 9.17) is 4.42 Å². The fourth-order valence-electron chi connectivity index (χ4n) is 3.61. The first kappa shape index (κ1) is 21.1. The zero-order valence-electron chi connectivity index (χ0n) is 17.4. The number of rotatable bonds is 6. The SMILES string of the molecule is O=C(C[C@@H]1N=C2c3ccccc3N=C(SCc3ccc(F)cc3)N2C1=O)NCc1ccco1. The lowest BCUT2D eigenvalue weighted by molar-refractivity contribution is -0.128. The average Bonchev–Trinajstić information content (AvgIpc) is 3.46. The van der Waals surface area contributed by atoms with Crippen LogP contribution >= 0.6 is 11.8 Å². The number of amides is 2. The molecule has 1 aromatic heterocycles. The molecule has 0 saturated heterocycles. The number of para-hydroxylation sites is 1. The highest BCUT2D eigenvalue weighted by Gasteiger charge is 2.42. The zero-order valence-corrected chi connectivity index (χ0v) is 18.2. The molecule has 3 heterocycles. The monoisotopic (exact) mass is 462 g/mol. The molecule has 3 aromatic rings. The number of nitrogens with one attached hydrogen (secondary N) is 1. The Morgan fingerprint density at radius 2 is 1.94 bits per heavy atom. The van der Waals surface area contributed by atoms with Crippen molar-refractivity contribution in [1.82, 2.24) is 10.2 Å². The fraction of sp³-hybridized carbons (Fsp3) is 0.167. The third-order valence-corrected chi connectivity index (χ3v) is 6.26. The maximum Gasteiger partial charge on any atom is 0.259 e. The first-order valence-electron chi connectivity index (χ1n) is 10.3. The number of benzene rings is 2. The van der Waals surface area contributed by atoms with Crippen LogP contribution in [-0.4, -0.2) is 33.8 Å². The summed E-state index contributed by atoms with van der Waals surface area (Å²) >= 11 is 1.37. The van der Waals surface area contributed by atoms with Gasteiger partial charge in [0.15, 0.2) is 5.17 Å². The Morgan fingerprint density at radius 3 is 2.73 bits per heavy atom. The van der Waals surface area contributed by atoms with Crippen LogP contribution < -0.4 is 5.32 Å². The Morgan fingerprint density at radius 1 is 1.12 bits per heavy atom. The van der Waals surface area contributed by atoms with Gasteiger partial charge in [-0.25, -0.2) is 14.3 Å². The van der Waals surface area contributed by atoms with E-state index in [1.54, 1.807) is 24.3 Å². The van der Waals surface area contributed by atoms with Crippen molar-refractivity contribution in [1.29, 1.82) is 0 Å². The van der Waals surface area contributed by atoms with E-state index in [2.05, 4.69) is 15.3 Å². The number of carbonyl (C=O) groups excluding carboxylic acids is 2. The van der Waals surface area contributed by atoms with Gasteiger partial charge in [0.1, 0.15) is 23.5 Å². The van der Waals surface area contributed by atoms with Gasteiger partial charge in [0, 0.05) is 11.3 Å². The first-order chi connectivity index (χ1) is 16.1. The summed E-state index contributed by atoms with van der Waals surface area (Å²) in [7, 11) is 0. The van der Waals surface area contributed by atoms with E-state index < -0.39 is 6.04 Å². The van der Waals surface area contributed by atoms with Gasteiger partial charge in [0.2, 0.25) is 5.91 Å². The van der Waals surface area contributed by atoms with Crippen LogP contribution in [0.25, 0.3) is 0 Å². The van der Waals surface area contributed by atoms with E-state index in [1.165, 1.54) is 35.1 Å². The van der Waals surface area contributed by atoms with Crippen molar-refractivity contribution in [3.8, 4) is 0 Å². The lowest BCUT2D eigenvalue weighted by Gasteiger charge is -2.25. The second kappa shape index (κ2) is 9.03. The van der Waals surface area contributed by atoms with Crippen LogP contribution in [0.4, 0.5) is 10.1 Å². The Hall–Kier alpha value is -3.72. The molecule has 0 radical (unpaired) electrons. The molecular formula is C24H19FN4O3S. The minimum absolute atomic E-state index is 0.0718. The van der Waals surface area contributed by atoms with Crippen molar-refractivity contribution in [2.24, 2.45) is 9.98 Å². The van der Waals surface area contributed by atoms with Crippen molar-refractivity contribution in [2.75, 3.05) is 0 Å². The second-order valence-corrected chi connectivity index (χ2v) is 8.47. The number of halogens is 1. The predicted molar refractivity (Wildman–Crippen MR) is 124 cm³/mol. The molecule has 2 aliphatic rings. The predicted octanol–water partition coefficient (Wildman–Crippen LogP) is 4.02. The Kier molecular flexibility index (Phi) is 5.78. The zero-order chi connectivity index (χ0) is 22.8. The molecule has 2 aromatic carbocycles. The van der Waals surface area contributed by atoms with Crippen LogP contribution in [0.2, 0.25) is 0 Å². The molecule has 2 amide bonds. The molecule has 166 valence electrons. The summed E-state index contributed by atoms with van der Waals surface area (Å²) in [4.78, 5) is 36.5. The standard InChI is InChI=1S/C24H19FN4O3S/c25-16-9-7-15(8-10-16)14-33-24-28-19-6-2-1-5-18(19)22-27-20(23(31)29(22)24)12-21(30)26-13-17-4-3-11-32-17/h1-11,20H,12-14H2,(H,26,30)/t20-/m0/s1. The molecule has 33 heavy (non-hydrogen) atoms. The van der Waals surface area contributed by atoms with Crippen molar-refractivity contribution < 1.29 is 18.4 Å². The number of furan rings is 1. The van der Waals surface area contributed by atoms with E-state index in [0.29, 0.717) is 28.2 Å². The van der Waals surface area contributed by atoms with Crippen LogP contribution in [0.3, 0.4) is 0 Å². The summed E-state index contributed by atoms with van der Waals surface area (Å²) in [5, 5.41) is 3.24. The van der Waals surface area contributed by atoms with Crippen molar-refractivity contribution in [3.63, 3.8) is 0 Å². The minimum atomic E-state index is -0.834. The van der Waals surface area contributed by atoms with E-state index in [0.717, 1.165) is 11.1 Å². The summed E-state index contributed by atoms with van der Waals surface area (Å²) in [6.45, 7) is 0.246. The number of nitrogens with zero attached hydrogens (tertiary/aromatic N) is 3. The van der Waals surface area contributed by atoms with Gasteiger partial charge in [-0.3, -0.25) is 14.6 Å². The van der Waals surface area contributed by atoms with Crippen LogP contribution in [0.5, 0.6) is 0 Å². The third kappa shape index (κ3) is 4.45. The van der Waals surface area contributed by atoms with E-state index in [1.807, 2.05) is 24.3 Å². The van der Waals surface area contributed by atoms with Crippen molar-refractivity contribution in [3.05, 3.63) is 89.6 Å². The molecule has 7 nitrogen and oxygen atoms in total.